The normalized spacial score (nSPS) is 21.3. The molecule has 7 nitrogen and oxygen atoms in total. The number of morpholine rings is 1. The maximum Gasteiger partial charge on any atom is 0.250 e. The van der Waals surface area contributed by atoms with Crippen LogP contribution in [0.25, 0.3) is 0 Å². The first kappa shape index (κ1) is 18.7. The zero-order valence-corrected chi connectivity index (χ0v) is 15.2. The number of benzene rings is 1. The van der Waals surface area contributed by atoms with Crippen molar-refractivity contribution >= 4 is 11.8 Å². The van der Waals surface area contributed by atoms with Gasteiger partial charge in [-0.25, -0.2) is 0 Å². The van der Waals surface area contributed by atoms with Gasteiger partial charge in [-0.2, -0.15) is 0 Å². The molecule has 2 aliphatic heterocycles. The van der Waals surface area contributed by atoms with Crippen LogP contribution in [-0.2, 0) is 20.7 Å². The zero-order valence-electron chi connectivity index (χ0n) is 15.2. The number of amides is 2. The van der Waals surface area contributed by atoms with Gasteiger partial charge in [-0.05, 0) is 18.9 Å². The summed E-state index contributed by atoms with van der Waals surface area (Å²) in [4.78, 5) is 26.7. The minimum absolute atomic E-state index is 0.0593. The molecule has 0 aromatic heterocycles. The number of methoxy groups -OCH3 is 1. The van der Waals surface area contributed by atoms with E-state index in [0.717, 1.165) is 30.7 Å². The Morgan fingerprint density at radius 3 is 2.77 bits per heavy atom. The van der Waals surface area contributed by atoms with Crippen LogP contribution in [0.3, 0.4) is 0 Å². The van der Waals surface area contributed by atoms with E-state index in [0.29, 0.717) is 32.7 Å². The van der Waals surface area contributed by atoms with E-state index in [1.807, 2.05) is 29.2 Å². The van der Waals surface area contributed by atoms with Crippen LogP contribution in [0.4, 0.5) is 0 Å². The number of carbonyl (C=O) groups excluding carboxylic acids is 2. The fraction of sp³-hybridized carbons (Fsp3) is 0.579. The zero-order chi connectivity index (χ0) is 18.4. The maximum atomic E-state index is 12.6. The molecule has 1 unspecified atom stereocenters. The van der Waals surface area contributed by atoms with Gasteiger partial charge in [0.25, 0.3) is 5.91 Å². The van der Waals surface area contributed by atoms with Crippen LogP contribution < -0.4 is 15.4 Å². The molecule has 2 fully saturated rings. The van der Waals surface area contributed by atoms with E-state index >= 15 is 0 Å². The van der Waals surface area contributed by atoms with E-state index < -0.39 is 6.10 Å². The highest BCUT2D eigenvalue weighted by atomic mass is 16.5. The number of likely N-dealkylation sites (tertiary alicyclic amines) is 1. The second-order valence-corrected chi connectivity index (χ2v) is 6.72. The fourth-order valence-electron chi connectivity index (χ4n) is 3.42. The second-order valence-electron chi connectivity index (χ2n) is 6.72. The number of nitrogens with zero attached hydrogens (tertiary/aromatic N) is 1. The van der Waals surface area contributed by atoms with Gasteiger partial charge >= 0.3 is 0 Å². The smallest absolute Gasteiger partial charge is 0.250 e. The van der Waals surface area contributed by atoms with Crippen molar-refractivity contribution in [1.29, 1.82) is 0 Å². The Balaban J connectivity index is 1.45. The number of nitrogens with one attached hydrogen (secondary N) is 2. The Hall–Kier alpha value is -2.12. The predicted molar refractivity (Wildman–Crippen MR) is 97.1 cm³/mol. The molecule has 2 heterocycles. The van der Waals surface area contributed by atoms with E-state index in [-0.39, 0.29) is 17.9 Å². The van der Waals surface area contributed by atoms with Crippen molar-refractivity contribution in [2.75, 3.05) is 39.9 Å². The van der Waals surface area contributed by atoms with Gasteiger partial charge in [-0.1, -0.05) is 18.2 Å². The van der Waals surface area contributed by atoms with Gasteiger partial charge in [0.2, 0.25) is 5.91 Å². The summed E-state index contributed by atoms with van der Waals surface area (Å²) in [7, 11) is 1.61. The number of carbonyl (C=O) groups is 2. The minimum atomic E-state index is -0.408. The highest BCUT2D eigenvalue weighted by molar-refractivity contribution is 5.82. The van der Waals surface area contributed by atoms with Crippen LogP contribution >= 0.6 is 0 Å². The minimum Gasteiger partial charge on any atom is -0.496 e. The quantitative estimate of drug-likeness (QED) is 0.790. The van der Waals surface area contributed by atoms with Crippen molar-refractivity contribution in [3.63, 3.8) is 0 Å². The van der Waals surface area contributed by atoms with E-state index in [1.165, 1.54) is 0 Å². The second kappa shape index (κ2) is 9.00. The molecule has 2 N–H and O–H groups in total. The van der Waals surface area contributed by atoms with Gasteiger partial charge in [-0.15, -0.1) is 0 Å². The number of hydrogen-bond acceptors (Lipinski definition) is 5. The summed E-state index contributed by atoms with van der Waals surface area (Å²) in [6.07, 6.45) is 1.46. The summed E-state index contributed by atoms with van der Waals surface area (Å²) in [5.74, 6) is 0.777. The van der Waals surface area contributed by atoms with Crippen molar-refractivity contribution in [3.8, 4) is 5.75 Å². The summed E-state index contributed by atoms with van der Waals surface area (Å²) < 4.78 is 10.8. The molecule has 0 spiro atoms. The first-order valence-electron chi connectivity index (χ1n) is 9.19. The standard InChI is InChI=1S/C19H27N3O4/c1-25-16-5-3-2-4-14(16)12-18(23)22-9-6-15(7-10-22)21-19(24)17-13-20-8-11-26-17/h2-5,15,17,20H,6-13H2,1H3,(H,21,24). The van der Waals surface area contributed by atoms with Crippen molar-refractivity contribution in [3.05, 3.63) is 29.8 Å². The van der Waals surface area contributed by atoms with Crippen molar-refractivity contribution in [1.82, 2.24) is 15.5 Å². The molecule has 2 aliphatic rings. The van der Waals surface area contributed by atoms with E-state index in [2.05, 4.69) is 10.6 Å². The highest BCUT2D eigenvalue weighted by Gasteiger charge is 2.28. The molecular formula is C19H27N3O4. The van der Waals surface area contributed by atoms with Gasteiger partial charge < -0.3 is 25.0 Å². The largest absolute Gasteiger partial charge is 0.496 e. The Morgan fingerprint density at radius 1 is 1.31 bits per heavy atom. The third-order valence-corrected chi connectivity index (χ3v) is 4.95. The number of hydrogen-bond donors (Lipinski definition) is 2. The van der Waals surface area contributed by atoms with Crippen molar-refractivity contribution in [2.45, 2.75) is 31.4 Å². The molecule has 26 heavy (non-hydrogen) atoms. The van der Waals surface area contributed by atoms with Crippen LogP contribution in [0.2, 0.25) is 0 Å². The van der Waals surface area contributed by atoms with Crippen LogP contribution in [0.15, 0.2) is 24.3 Å². The first-order chi connectivity index (χ1) is 12.7. The van der Waals surface area contributed by atoms with E-state index in [1.54, 1.807) is 7.11 Å². The molecule has 2 saturated heterocycles. The molecule has 0 aliphatic carbocycles. The van der Waals surface area contributed by atoms with Crippen LogP contribution in [0.5, 0.6) is 5.75 Å². The van der Waals surface area contributed by atoms with Crippen LogP contribution in [-0.4, -0.2) is 68.8 Å². The molecule has 142 valence electrons. The molecule has 1 atom stereocenters. The van der Waals surface area contributed by atoms with Gasteiger partial charge in [-0.3, -0.25) is 9.59 Å². The average Bonchev–Trinajstić information content (AvgIpc) is 2.69. The summed E-state index contributed by atoms with van der Waals surface area (Å²) in [5, 5.41) is 6.21. The molecule has 7 heteroatoms. The highest BCUT2D eigenvalue weighted by Crippen LogP contribution is 2.20. The van der Waals surface area contributed by atoms with Gasteiger partial charge in [0, 0.05) is 37.8 Å². The number of ether oxygens (including phenoxy) is 2. The van der Waals surface area contributed by atoms with Crippen LogP contribution in [0.1, 0.15) is 18.4 Å². The lowest BCUT2D eigenvalue weighted by molar-refractivity contribution is -0.135. The molecule has 1 aromatic carbocycles. The summed E-state index contributed by atoms with van der Waals surface area (Å²) in [6, 6.07) is 7.69. The Bertz CT molecular complexity index is 623. The predicted octanol–water partition coefficient (Wildman–Crippen LogP) is 0.333. The summed E-state index contributed by atoms with van der Waals surface area (Å²) in [5.41, 5.74) is 0.900. The van der Waals surface area contributed by atoms with Gasteiger partial charge in [0.05, 0.1) is 20.1 Å². The SMILES string of the molecule is COc1ccccc1CC(=O)N1CCC(NC(=O)C2CNCCO2)CC1. The monoisotopic (exact) mass is 361 g/mol. The van der Waals surface area contributed by atoms with Gasteiger partial charge in [0.1, 0.15) is 11.9 Å². The molecule has 1 aromatic rings. The van der Waals surface area contributed by atoms with E-state index in [4.69, 9.17) is 9.47 Å². The maximum absolute atomic E-state index is 12.6. The fourth-order valence-corrected chi connectivity index (χ4v) is 3.42. The van der Waals surface area contributed by atoms with E-state index in [9.17, 15) is 9.59 Å². The molecule has 3 rings (SSSR count). The Labute approximate surface area is 154 Å². The lowest BCUT2D eigenvalue weighted by Crippen LogP contribution is -2.53. The molecule has 0 bridgehead atoms. The number of para-hydroxylation sites is 1. The third kappa shape index (κ3) is 4.74. The number of rotatable bonds is 5. The lowest BCUT2D eigenvalue weighted by atomic mass is 10.0. The number of piperidine rings is 1. The molecule has 0 saturated carbocycles. The van der Waals surface area contributed by atoms with Gasteiger partial charge in [0.15, 0.2) is 0 Å². The molecule has 2 amide bonds. The summed E-state index contributed by atoms with van der Waals surface area (Å²) in [6.45, 7) is 3.22. The Morgan fingerprint density at radius 2 is 2.08 bits per heavy atom. The van der Waals surface area contributed by atoms with Crippen molar-refractivity contribution < 1.29 is 19.1 Å². The lowest BCUT2D eigenvalue weighted by Gasteiger charge is -2.33. The Kier molecular flexibility index (Phi) is 6.46. The topological polar surface area (TPSA) is 79.9 Å². The average molecular weight is 361 g/mol. The van der Waals surface area contributed by atoms with Crippen molar-refractivity contribution in [2.24, 2.45) is 0 Å². The molecule has 0 radical (unpaired) electrons. The third-order valence-electron chi connectivity index (χ3n) is 4.95. The van der Waals surface area contributed by atoms with Crippen LogP contribution in [0, 0.1) is 0 Å². The first-order valence-corrected chi connectivity index (χ1v) is 9.19. The summed E-state index contributed by atoms with van der Waals surface area (Å²) >= 11 is 0. The molecular weight excluding hydrogens is 334 g/mol.